The van der Waals surface area contributed by atoms with E-state index in [4.69, 9.17) is 0 Å². The van der Waals surface area contributed by atoms with Crippen LogP contribution in [0.25, 0.3) is 5.57 Å². The molecular weight excluding hydrogens is 236 g/mol. The van der Waals surface area contributed by atoms with Crippen molar-refractivity contribution in [1.82, 2.24) is 0 Å². The molecule has 16 heavy (non-hydrogen) atoms. The second kappa shape index (κ2) is 8.96. The van der Waals surface area contributed by atoms with Crippen molar-refractivity contribution >= 4 is 5.57 Å². The van der Waals surface area contributed by atoms with E-state index in [-0.39, 0.29) is 17.1 Å². The third-order valence-corrected chi connectivity index (χ3v) is 2.04. The molecule has 0 spiro atoms. The van der Waals surface area contributed by atoms with Crippen LogP contribution in [0.1, 0.15) is 12.5 Å². The molecular formula is C15H16Fe. The van der Waals surface area contributed by atoms with Crippen molar-refractivity contribution in [3.8, 4) is 0 Å². The van der Waals surface area contributed by atoms with E-state index in [1.165, 1.54) is 11.1 Å². The Balaban J connectivity index is 0.000000318. The second-order valence-corrected chi connectivity index (χ2v) is 3.22. The summed E-state index contributed by atoms with van der Waals surface area (Å²) >= 11 is 0. The number of hydrogen-bond acceptors (Lipinski definition) is 0. The molecule has 0 unspecified atom stereocenters. The quantitative estimate of drug-likeness (QED) is 0.422. The Labute approximate surface area is 109 Å². The van der Waals surface area contributed by atoms with Gasteiger partial charge in [0.05, 0.1) is 0 Å². The molecule has 0 aliphatic heterocycles. The molecule has 1 heteroatoms. The van der Waals surface area contributed by atoms with Crippen molar-refractivity contribution in [3.63, 3.8) is 0 Å². The molecule has 0 aliphatic rings. The molecule has 0 bridgehead atoms. The molecule has 2 rings (SSSR count). The third kappa shape index (κ3) is 5.55. The van der Waals surface area contributed by atoms with E-state index in [9.17, 15) is 0 Å². The Morgan fingerprint density at radius 3 is 2.06 bits per heavy atom. The molecule has 0 nitrogen and oxygen atoms in total. The van der Waals surface area contributed by atoms with Crippen LogP contribution in [0.3, 0.4) is 0 Å². The van der Waals surface area contributed by atoms with Gasteiger partial charge in [-0.05, 0) is 0 Å². The smallest absolute Gasteiger partial charge is 0.214 e. The van der Waals surface area contributed by atoms with Crippen LogP contribution in [0.2, 0.25) is 0 Å². The number of allylic oxidation sites excluding steroid dienone is 3. The van der Waals surface area contributed by atoms with E-state index in [2.05, 4.69) is 25.6 Å². The van der Waals surface area contributed by atoms with E-state index in [0.29, 0.717) is 0 Å². The minimum absolute atomic E-state index is 0. The maximum absolute atomic E-state index is 3.63. The summed E-state index contributed by atoms with van der Waals surface area (Å²) in [6.07, 6.45) is 3.82. The number of hydrogen-bond donors (Lipinski definition) is 0. The minimum Gasteiger partial charge on any atom is -0.214 e. The average molecular weight is 252 g/mol. The SMILES string of the molecule is C=C/C=C(\C)[c-]1cccc1.[Fe+2].c1cc[cH-]c1. The fourth-order valence-electron chi connectivity index (χ4n) is 1.23. The number of rotatable bonds is 2. The van der Waals surface area contributed by atoms with E-state index >= 15 is 0 Å². The monoisotopic (exact) mass is 252 g/mol. The predicted molar refractivity (Wildman–Crippen MR) is 67.9 cm³/mol. The molecule has 0 fully saturated rings. The van der Waals surface area contributed by atoms with E-state index in [1.54, 1.807) is 0 Å². The molecule has 0 saturated carbocycles. The Bertz CT molecular complexity index is 360. The Morgan fingerprint density at radius 1 is 1.12 bits per heavy atom. The van der Waals surface area contributed by atoms with Crippen LogP contribution in [0.4, 0.5) is 0 Å². The van der Waals surface area contributed by atoms with Gasteiger partial charge < -0.3 is 0 Å². The van der Waals surface area contributed by atoms with Gasteiger partial charge in [-0.25, -0.2) is 12.1 Å². The molecule has 0 atom stereocenters. The predicted octanol–water partition coefficient (Wildman–Crippen LogP) is 4.40. The van der Waals surface area contributed by atoms with Crippen LogP contribution >= 0.6 is 0 Å². The molecule has 0 aromatic heterocycles. The molecule has 84 valence electrons. The van der Waals surface area contributed by atoms with Gasteiger partial charge in [-0.3, -0.25) is 0 Å². The molecule has 0 heterocycles. The Kier molecular flexibility index (Phi) is 8.24. The first-order chi connectivity index (χ1) is 7.34. The van der Waals surface area contributed by atoms with Crippen LogP contribution in [-0.2, 0) is 17.1 Å². The second-order valence-electron chi connectivity index (χ2n) is 3.22. The summed E-state index contributed by atoms with van der Waals surface area (Å²) < 4.78 is 0. The van der Waals surface area contributed by atoms with Crippen molar-refractivity contribution in [3.05, 3.63) is 78.9 Å². The first-order valence-electron chi connectivity index (χ1n) is 5.02. The largest absolute Gasteiger partial charge is 2.00 e. The maximum atomic E-state index is 3.63. The van der Waals surface area contributed by atoms with Gasteiger partial charge >= 0.3 is 17.1 Å². The van der Waals surface area contributed by atoms with E-state index < -0.39 is 0 Å². The van der Waals surface area contributed by atoms with Crippen molar-refractivity contribution in [1.29, 1.82) is 0 Å². The van der Waals surface area contributed by atoms with Gasteiger partial charge in [0.1, 0.15) is 0 Å². The topological polar surface area (TPSA) is 0 Å². The zero-order valence-electron chi connectivity index (χ0n) is 9.41. The summed E-state index contributed by atoms with van der Waals surface area (Å²) in [6.45, 7) is 5.71. The summed E-state index contributed by atoms with van der Waals surface area (Å²) in [5, 5.41) is 0. The summed E-state index contributed by atoms with van der Waals surface area (Å²) in [5.74, 6) is 0. The standard InChI is InChI=1S/C10H11.C5H5.Fe/c1-3-6-9(2)10-7-4-5-8-10;1-2-4-5-3-1;/h3-8H,1H2,2H3;1-5H;/q2*-1;+2/b9-6+;;. The average Bonchev–Trinajstić information content (AvgIpc) is 2.95. The molecule has 0 aliphatic carbocycles. The normalized spacial score (nSPS) is 9.69. The van der Waals surface area contributed by atoms with Crippen LogP contribution in [0.15, 0.2) is 73.3 Å². The third-order valence-electron chi connectivity index (χ3n) is 2.04. The van der Waals surface area contributed by atoms with Gasteiger partial charge in [-0.1, -0.05) is 6.92 Å². The van der Waals surface area contributed by atoms with Gasteiger partial charge in [0.2, 0.25) is 0 Å². The van der Waals surface area contributed by atoms with Gasteiger partial charge in [-0.2, -0.15) is 30.3 Å². The van der Waals surface area contributed by atoms with Gasteiger partial charge in [-0.15, -0.1) is 42.0 Å². The fraction of sp³-hybridized carbons (Fsp3) is 0.0667. The first kappa shape index (κ1) is 14.7. The van der Waals surface area contributed by atoms with Crippen molar-refractivity contribution in [2.75, 3.05) is 0 Å². The summed E-state index contributed by atoms with van der Waals surface area (Å²) in [4.78, 5) is 0. The summed E-state index contributed by atoms with van der Waals surface area (Å²) in [5.41, 5.74) is 2.54. The zero-order valence-corrected chi connectivity index (χ0v) is 10.5. The molecule has 0 amide bonds. The fourth-order valence-corrected chi connectivity index (χ4v) is 1.23. The molecule has 0 saturated heterocycles. The zero-order chi connectivity index (χ0) is 10.9. The summed E-state index contributed by atoms with van der Waals surface area (Å²) in [7, 11) is 0. The van der Waals surface area contributed by atoms with Gasteiger partial charge in [0.15, 0.2) is 0 Å². The van der Waals surface area contributed by atoms with Crippen LogP contribution in [-0.4, -0.2) is 0 Å². The molecule has 2 aromatic carbocycles. The maximum Gasteiger partial charge on any atom is 2.00 e. The van der Waals surface area contributed by atoms with Crippen LogP contribution < -0.4 is 0 Å². The molecule has 0 N–H and O–H groups in total. The van der Waals surface area contributed by atoms with Gasteiger partial charge in [0, 0.05) is 0 Å². The summed E-state index contributed by atoms with van der Waals surface area (Å²) in [6, 6.07) is 18.3. The van der Waals surface area contributed by atoms with Crippen molar-refractivity contribution in [2.45, 2.75) is 6.92 Å². The Morgan fingerprint density at radius 2 is 1.69 bits per heavy atom. The van der Waals surface area contributed by atoms with Crippen molar-refractivity contribution < 1.29 is 17.1 Å². The van der Waals surface area contributed by atoms with Gasteiger partial charge in [0.25, 0.3) is 0 Å². The molecule has 0 radical (unpaired) electrons. The van der Waals surface area contributed by atoms with Crippen molar-refractivity contribution in [2.24, 2.45) is 0 Å². The van der Waals surface area contributed by atoms with Crippen LogP contribution in [0.5, 0.6) is 0 Å². The molecule has 2 aromatic rings. The van der Waals surface area contributed by atoms with E-state index in [1.807, 2.05) is 54.6 Å². The van der Waals surface area contributed by atoms with E-state index in [0.717, 1.165) is 0 Å². The minimum atomic E-state index is 0. The van der Waals surface area contributed by atoms with Crippen LogP contribution in [0, 0.1) is 0 Å². The first-order valence-corrected chi connectivity index (χ1v) is 5.02. The Hall–Kier alpha value is -1.30.